The van der Waals surface area contributed by atoms with Gasteiger partial charge in [0.1, 0.15) is 0 Å². The zero-order valence-corrected chi connectivity index (χ0v) is 15.3. The Labute approximate surface area is 152 Å². The van der Waals surface area contributed by atoms with E-state index in [-0.39, 0.29) is 20.4 Å². The Morgan fingerprint density at radius 2 is 1.56 bits per heavy atom. The van der Waals surface area contributed by atoms with Crippen LogP contribution in [-0.2, 0) is 16.4 Å². The van der Waals surface area contributed by atoms with E-state index in [0.29, 0.717) is 12.0 Å². The van der Waals surface area contributed by atoms with Crippen LogP contribution in [-0.4, -0.2) is 20.1 Å². The molecule has 0 radical (unpaired) electrons. The van der Waals surface area contributed by atoms with E-state index in [2.05, 4.69) is 10.3 Å². The van der Waals surface area contributed by atoms with Gasteiger partial charge in [-0.1, -0.05) is 62.4 Å². The van der Waals surface area contributed by atoms with Crippen molar-refractivity contribution in [3.63, 3.8) is 0 Å². The lowest BCUT2D eigenvalue weighted by Gasteiger charge is -2.21. The van der Waals surface area contributed by atoms with Crippen LogP contribution in [0.25, 0.3) is 0 Å². The fourth-order valence-electron chi connectivity index (χ4n) is 2.51. The highest BCUT2D eigenvalue weighted by Crippen LogP contribution is 2.19. The summed E-state index contributed by atoms with van der Waals surface area (Å²) in [6.07, 6.45) is 0.673. The largest absolute Gasteiger partial charge is 0.274 e. The molecule has 138 valence electrons. The summed E-state index contributed by atoms with van der Waals surface area (Å²) < 4.78 is 24.7. The maximum absolute atomic E-state index is 12.3. The van der Waals surface area contributed by atoms with Crippen molar-refractivity contribution in [1.82, 2.24) is 10.3 Å². The number of carbonyl (C=O) groups excluding carboxylic acids is 1. The van der Waals surface area contributed by atoms with Crippen LogP contribution in [0.5, 0.6) is 0 Å². The van der Waals surface area contributed by atoms with Crippen molar-refractivity contribution >= 4 is 15.9 Å². The number of rotatable bonds is 8. The second-order valence-electron chi connectivity index (χ2n) is 6.40. The molecule has 1 unspecified atom stereocenters. The van der Waals surface area contributed by atoms with Crippen molar-refractivity contribution in [1.29, 1.82) is 0 Å². The SMILES string of the molecule is CC(C)C(Cc1ccccc1)CS(=O)(=O)NNC(=O)c1ccccc1.[HH].[HH]. The average molecular weight is 365 g/mol. The highest BCUT2D eigenvalue weighted by Gasteiger charge is 2.23. The summed E-state index contributed by atoms with van der Waals surface area (Å²) >= 11 is 0. The van der Waals surface area contributed by atoms with Crippen LogP contribution >= 0.6 is 0 Å². The molecule has 2 aromatic rings. The molecule has 0 saturated heterocycles. The van der Waals surface area contributed by atoms with E-state index in [0.717, 1.165) is 5.56 Å². The van der Waals surface area contributed by atoms with E-state index < -0.39 is 15.9 Å². The first kappa shape index (κ1) is 19.1. The molecule has 1 amide bonds. The Morgan fingerprint density at radius 1 is 1.00 bits per heavy atom. The van der Waals surface area contributed by atoms with Crippen molar-refractivity contribution < 1.29 is 16.1 Å². The molecule has 0 spiro atoms. The predicted molar refractivity (Wildman–Crippen MR) is 104 cm³/mol. The lowest BCUT2D eigenvalue weighted by Crippen LogP contribution is -2.44. The summed E-state index contributed by atoms with van der Waals surface area (Å²) in [5.41, 5.74) is 3.77. The summed E-state index contributed by atoms with van der Waals surface area (Å²) in [6.45, 7) is 4.01. The maximum atomic E-state index is 12.3. The highest BCUT2D eigenvalue weighted by molar-refractivity contribution is 7.89. The minimum atomic E-state index is -3.63. The summed E-state index contributed by atoms with van der Waals surface area (Å²) in [4.78, 5) is 14.2. The number of hydrogen-bond donors (Lipinski definition) is 2. The van der Waals surface area contributed by atoms with Crippen molar-refractivity contribution in [2.24, 2.45) is 11.8 Å². The Hall–Kier alpha value is -2.18. The monoisotopic (exact) mass is 364 g/mol. The first-order valence-corrected chi connectivity index (χ1v) is 9.91. The van der Waals surface area contributed by atoms with Gasteiger partial charge in [-0.15, -0.1) is 4.83 Å². The van der Waals surface area contributed by atoms with Gasteiger partial charge in [0, 0.05) is 8.42 Å². The number of benzene rings is 2. The van der Waals surface area contributed by atoms with Gasteiger partial charge in [-0.2, -0.15) is 0 Å². The van der Waals surface area contributed by atoms with Gasteiger partial charge in [0.05, 0.1) is 5.75 Å². The van der Waals surface area contributed by atoms with Crippen LogP contribution in [0.15, 0.2) is 60.7 Å². The summed E-state index contributed by atoms with van der Waals surface area (Å²) in [5, 5.41) is 0. The zero-order valence-electron chi connectivity index (χ0n) is 14.5. The van der Waals surface area contributed by atoms with Gasteiger partial charge >= 0.3 is 0 Å². The van der Waals surface area contributed by atoms with Crippen LogP contribution in [0.3, 0.4) is 0 Å². The normalized spacial score (nSPS) is 12.8. The standard InChI is InChI=1S/C19H24N2O3S.2H2/c1-15(2)18(13-16-9-5-3-6-10-16)14-25(23,24)21-20-19(22)17-11-7-4-8-12-17;;/h3-12,15,18,21H,13-14H2,1-2H3,(H,20,22);2*1H. The Morgan fingerprint density at radius 3 is 2.12 bits per heavy atom. The zero-order chi connectivity index (χ0) is 18.3. The fourth-order valence-corrected chi connectivity index (χ4v) is 3.91. The third-order valence-electron chi connectivity index (χ3n) is 4.07. The molecule has 5 nitrogen and oxygen atoms in total. The van der Waals surface area contributed by atoms with E-state index in [1.165, 1.54) is 0 Å². The molecule has 2 rings (SSSR count). The lowest BCUT2D eigenvalue weighted by atomic mass is 9.91. The third kappa shape index (κ3) is 6.32. The number of hydrogen-bond acceptors (Lipinski definition) is 3. The molecule has 0 aliphatic rings. The number of nitrogens with one attached hydrogen (secondary N) is 2. The van der Waals surface area contributed by atoms with Gasteiger partial charge in [0.25, 0.3) is 5.91 Å². The first-order chi connectivity index (χ1) is 11.9. The van der Waals surface area contributed by atoms with Crippen LogP contribution in [0.1, 0.15) is 32.6 Å². The predicted octanol–water partition coefficient (Wildman–Crippen LogP) is 3.26. The average Bonchev–Trinajstić information content (AvgIpc) is 2.60. The lowest BCUT2D eigenvalue weighted by molar-refractivity contribution is 0.0945. The minimum absolute atomic E-state index is 0. The molecule has 0 aliphatic heterocycles. The van der Waals surface area contributed by atoms with Gasteiger partial charge in [-0.3, -0.25) is 10.2 Å². The quantitative estimate of drug-likeness (QED) is 0.706. The van der Waals surface area contributed by atoms with Crippen LogP contribution < -0.4 is 10.3 Å². The fraction of sp³-hybridized carbons (Fsp3) is 0.316. The molecule has 0 aromatic heterocycles. The van der Waals surface area contributed by atoms with Gasteiger partial charge < -0.3 is 0 Å². The van der Waals surface area contributed by atoms with Crippen LogP contribution in [0, 0.1) is 11.8 Å². The second-order valence-corrected chi connectivity index (χ2v) is 8.16. The van der Waals surface area contributed by atoms with Crippen LogP contribution in [0.4, 0.5) is 0 Å². The van der Waals surface area contributed by atoms with Gasteiger partial charge in [-0.25, -0.2) is 8.42 Å². The van der Waals surface area contributed by atoms with E-state index >= 15 is 0 Å². The number of hydrazine groups is 1. The molecule has 2 N–H and O–H groups in total. The Bertz CT molecular complexity index is 785. The Kier molecular flexibility index (Phi) is 6.73. The minimum Gasteiger partial charge on any atom is -0.274 e. The van der Waals surface area contributed by atoms with Crippen molar-refractivity contribution in [2.45, 2.75) is 20.3 Å². The second kappa shape index (κ2) is 8.78. The molecular formula is C19H28N2O3S. The molecule has 2 aromatic carbocycles. The molecule has 0 saturated carbocycles. The molecule has 1 atom stereocenters. The van der Waals surface area contributed by atoms with E-state index in [1.807, 2.05) is 44.2 Å². The summed E-state index contributed by atoms with van der Waals surface area (Å²) in [7, 11) is -3.63. The van der Waals surface area contributed by atoms with E-state index in [4.69, 9.17) is 0 Å². The van der Waals surface area contributed by atoms with Crippen molar-refractivity contribution in [3.8, 4) is 0 Å². The molecule has 0 fully saturated rings. The first-order valence-electron chi connectivity index (χ1n) is 8.26. The van der Waals surface area contributed by atoms with Crippen molar-refractivity contribution in [2.75, 3.05) is 5.75 Å². The molecule has 0 heterocycles. The van der Waals surface area contributed by atoms with Crippen LogP contribution in [0.2, 0.25) is 0 Å². The number of amides is 1. The maximum Gasteiger partial charge on any atom is 0.266 e. The van der Waals surface area contributed by atoms with Gasteiger partial charge in [0.2, 0.25) is 10.0 Å². The smallest absolute Gasteiger partial charge is 0.266 e. The van der Waals surface area contributed by atoms with E-state index in [9.17, 15) is 13.2 Å². The third-order valence-corrected chi connectivity index (χ3v) is 5.35. The van der Waals surface area contributed by atoms with E-state index in [1.54, 1.807) is 30.3 Å². The van der Waals surface area contributed by atoms with Gasteiger partial charge in [0.15, 0.2) is 0 Å². The molecule has 25 heavy (non-hydrogen) atoms. The summed E-state index contributed by atoms with van der Waals surface area (Å²) in [6, 6.07) is 18.3. The van der Waals surface area contributed by atoms with Gasteiger partial charge in [-0.05, 0) is 36.0 Å². The molecule has 0 aliphatic carbocycles. The summed E-state index contributed by atoms with van der Waals surface area (Å²) in [5.74, 6) is -0.377. The molecule has 0 bridgehead atoms. The number of sulfonamides is 1. The highest BCUT2D eigenvalue weighted by atomic mass is 32.2. The molecular weight excluding hydrogens is 336 g/mol. The topological polar surface area (TPSA) is 75.3 Å². The Balaban J connectivity index is 0.00000338. The number of carbonyl (C=O) groups is 1. The molecule has 6 heteroatoms. The van der Waals surface area contributed by atoms with Crippen molar-refractivity contribution in [3.05, 3.63) is 71.8 Å².